The Balaban J connectivity index is 1.70. The van der Waals surface area contributed by atoms with Crippen molar-refractivity contribution in [2.24, 2.45) is 5.92 Å². The average Bonchev–Trinajstić information content (AvgIpc) is 3.04. The summed E-state index contributed by atoms with van der Waals surface area (Å²) in [5.41, 5.74) is 3.08. The Kier molecular flexibility index (Phi) is 4.77. The molecular formula is C19H29N. The average molecular weight is 271 g/mol. The molecule has 2 saturated carbocycles. The Morgan fingerprint density at radius 1 is 0.850 bits per heavy atom. The van der Waals surface area contributed by atoms with E-state index in [0.29, 0.717) is 6.04 Å². The lowest BCUT2D eigenvalue weighted by molar-refractivity contribution is 0.390. The molecule has 2 fully saturated rings. The van der Waals surface area contributed by atoms with Crippen LogP contribution in [0.4, 0.5) is 0 Å². The molecule has 1 heteroatoms. The van der Waals surface area contributed by atoms with Gasteiger partial charge in [-0.1, -0.05) is 56.4 Å². The molecule has 0 aliphatic heterocycles. The fraction of sp³-hybridized carbons (Fsp3) is 0.684. The fourth-order valence-corrected chi connectivity index (χ4v) is 4.38. The van der Waals surface area contributed by atoms with Gasteiger partial charge in [-0.05, 0) is 55.7 Å². The number of hydrogen-bond acceptors (Lipinski definition) is 1. The highest BCUT2D eigenvalue weighted by Gasteiger charge is 2.25. The van der Waals surface area contributed by atoms with Gasteiger partial charge in [-0.3, -0.25) is 0 Å². The van der Waals surface area contributed by atoms with Crippen molar-refractivity contribution in [1.29, 1.82) is 0 Å². The number of hydrogen-bond donors (Lipinski definition) is 1. The first-order valence-corrected chi connectivity index (χ1v) is 8.65. The van der Waals surface area contributed by atoms with Gasteiger partial charge in [-0.25, -0.2) is 0 Å². The predicted octanol–water partition coefficient (Wildman–Crippen LogP) is 5.19. The third-order valence-corrected chi connectivity index (χ3v) is 5.55. The van der Waals surface area contributed by atoms with Crippen LogP contribution in [0, 0.1) is 5.92 Å². The quantitative estimate of drug-likeness (QED) is 0.795. The number of nitrogens with one attached hydrogen (secondary N) is 1. The molecule has 1 nitrogen and oxygen atoms in total. The molecule has 110 valence electrons. The summed E-state index contributed by atoms with van der Waals surface area (Å²) in [6.45, 7) is 0. The normalized spacial score (nSPS) is 23.1. The largest absolute Gasteiger partial charge is 0.313 e. The van der Waals surface area contributed by atoms with E-state index in [1.807, 2.05) is 0 Å². The molecule has 0 heterocycles. The van der Waals surface area contributed by atoms with Crippen molar-refractivity contribution in [3.8, 4) is 0 Å². The van der Waals surface area contributed by atoms with E-state index in [1.165, 1.54) is 63.4 Å². The monoisotopic (exact) mass is 271 g/mol. The highest BCUT2D eigenvalue weighted by molar-refractivity contribution is 5.28. The summed E-state index contributed by atoms with van der Waals surface area (Å²) >= 11 is 0. The summed E-state index contributed by atoms with van der Waals surface area (Å²) in [5.74, 6) is 1.68. The zero-order valence-corrected chi connectivity index (χ0v) is 12.9. The second-order valence-corrected chi connectivity index (χ2v) is 6.81. The van der Waals surface area contributed by atoms with Crippen LogP contribution < -0.4 is 5.32 Å². The van der Waals surface area contributed by atoms with E-state index in [4.69, 9.17) is 0 Å². The Hall–Kier alpha value is -0.820. The minimum absolute atomic E-state index is 0.568. The van der Waals surface area contributed by atoms with Gasteiger partial charge in [-0.2, -0.15) is 0 Å². The van der Waals surface area contributed by atoms with Gasteiger partial charge in [0.1, 0.15) is 0 Å². The van der Waals surface area contributed by atoms with Crippen LogP contribution in [0.5, 0.6) is 0 Å². The van der Waals surface area contributed by atoms with Gasteiger partial charge < -0.3 is 5.32 Å². The summed E-state index contributed by atoms with van der Waals surface area (Å²) in [6, 6.07) is 10.2. The third-order valence-electron chi connectivity index (χ3n) is 5.55. The summed E-state index contributed by atoms with van der Waals surface area (Å²) in [4.78, 5) is 0. The SMILES string of the molecule is CNC(c1ccc(C2CCCCC2)cc1)C1CCCC1. The van der Waals surface area contributed by atoms with Gasteiger partial charge in [0.2, 0.25) is 0 Å². The van der Waals surface area contributed by atoms with Crippen LogP contribution in [0.3, 0.4) is 0 Å². The standard InChI is InChI=1S/C19H29N/c1-20-19(17-9-5-6-10-17)18-13-11-16(12-14-18)15-7-3-2-4-8-15/h11-15,17,19-20H,2-10H2,1H3. The molecule has 0 amide bonds. The van der Waals surface area contributed by atoms with E-state index < -0.39 is 0 Å². The van der Waals surface area contributed by atoms with Gasteiger partial charge in [0.15, 0.2) is 0 Å². The molecule has 3 rings (SSSR count). The first-order valence-electron chi connectivity index (χ1n) is 8.65. The Morgan fingerprint density at radius 2 is 1.45 bits per heavy atom. The molecule has 0 saturated heterocycles. The molecular weight excluding hydrogens is 242 g/mol. The topological polar surface area (TPSA) is 12.0 Å². The molecule has 1 aromatic rings. The van der Waals surface area contributed by atoms with Gasteiger partial charge in [0, 0.05) is 6.04 Å². The van der Waals surface area contributed by atoms with Crippen molar-refractivity contribution >= 4 is 0 Å². The maximum Gasteiger partial charge on any atom is 0.0346 e. The Bertz CT molecular complexity index is 396. The lowest BCUT2D eigenvalue weighted by Crippen LogP contribution is -2.23. The predicted molar refractivity (Wildman–Crippen MR) is 86.0 cm³/mol. The molecule has 2 aliphatic carbocycles. The maximum atomic E-state index is 3.56. The van der Waals surface area contributed by atoms with Gasteiger partial charge >= 0.3 is 0 Å². The molecule has 20 heavy (non-hydrogen) atoms. The van der Waals surface area contributed by atoms with Crippen LogP contribution in [-0.2, 0) is 0 Å². The molecule has 1 unspecified atom stereocenters. The van der Waals surface area contributed by atoms with Crippen LogP contribution in [0.25, 0.3) is 0 Å². The van der Waals surface area contributed by atoms with Crippen LogP contribution in [0.15, 0.2) is 24.3 Å². The highest BCUT2D eigenvalue weighted by atomic mass is 14.9. The van der Waals surface area contributed by atoms with Gasteiger partial charge in [-0.15, -0.1) is 0 Å². The van der Waals surface area contributed by atoms with Crippen molar-refractivity contribution in [2.75, 3.05) is 7.05 Å². The first kappa shape index (κ1) is 14.1. The fourth-order valence-electron chi connectivity index (χ4n) is 4.38. The van der Waals surface area contributed by atoms with Crippen molar-refractivity contribution < 1.29 is 0 Å². The first-order chi connectivity index (χ1) is 9.88. The Morgan fingerprint density at radius 3 is 2.05 bits per heavy atom. The zero-order valence-electron chi connectivity index (χ0n) is 12.9. The highest BCUT2D eigenvalue weighted by Crippen LogP contribution is 2.37. The minimum atomic E-state index is 0.568. The van der Waals surface area contributed by atoms with E-state index in [1.54, 1.807) is 5.56 Å². The van der Waals surface area contributed by atoms with Crippen LogP contribution >= 0.6 is 0 Å². The molecule has 0 radical (unpaired) electrons. The molecule has 2 aliphatic rings. The van der Waals surface area contributed by atoms with E-state index in [2.05, 4.69) is 36.6 Å². The zero-order chi connectivity index (χ0) is 13.8. The molecule has 1 atom stereocenters. The Labute approximate surface area is 124 Å². The second kappa shape index (κ2) is 6.76. The number of rotatable bonds is 4. The summed E-state index contributed by atoms with van der Waals surface area (Å²) < 4.78 is 0. The summed E-state index contributed by atoms with van der Waals surface area (Å²) in [7, 11) is 2.12. The van der Waals surface area contributed by atoms with Crippen molar-refractivity contribution in [1.82, 2.24) is 5.32 Å². The third kappa shape index (κ3) is 3.09. The lowest BCUT2D eigenvalue weighted by Gasteiger charge is -2.25. The summed E-state index contributed by atoms with van der Waals surface area (Å²) in [6.07, 6.45) is 12.7. The van der Waals surface area contributed by atoms with E-state index in [0.717, 1.165) is 11.8 Å². The number of benzene rings is 1. The van der Waals surface area contributed by atoms with Crippen LogP contribution in [-0.4, -0.2) is 7.05 Å². The lowest BCUT2D eigenvalue weighted by atomic mass is 9.83. The summed E-state index contributed by atoms with van der Waals surface area (Å²) in [5, 5.41) is 3.56. The van der Waals surface area contributed by atoms with Crippen LogP contribution in [0.1, 0.15) is 80.9 Å². The molecule has 0 spiro atoms. The van der Waals surface area contributed by atoms with Crippen molar-refractivity contribution in [2.45, 2.75) is 69.7 Å². The van der Waals surface area contributed by atoms with Crippen molar-refractivity contribution in [3.63, 3.8) is 0 Å². The van der Waals surface area contributed by atoms with E-state index in [9.17, 15) is 0 Å². The van der Waals surface area contributed by atoms with Gasteiger partial charge in [0.25, 0.3) is 0 Å². The van der Waals surface area contributed by atoms with Crippen LogP contribution in [0.2, 0.25) is 0 Å². The smallest absolute Gasteiger partial charge is 0.0346 e. The van der Waals surface area contributed by atoms with Crippen molar-refractivity contribution in [3.05, 3.63) is 35.4 Å². The molecule has 1 aromatic carbocycles. The van der Waals surface area contributed by atoms with E-state index in [-0.39, 0.29) is 0 Å². The maximum absolute atomic E-state index is 3.56. The minimum Gasteiger partial charge on any atom is -0.313 e. The molecule has 0 bridgehead atoms. The molecule has 1 N–H and O–H groups in total. The molecule has 0 aromatic heterocycles. The second-order valence-electron chi connectivity index (χ2n) is 6.81. The van der Waals surface area contributed by atoms with E-state index >= 15 is 0 Å². The van der Waals surface area contributed by atoms with Gasteiger partial charge in [0.05, 0.1) is 0 Å².